The highest BCUT2D eigenvalue weighted by Crippen LogP contribution is 2.22. The van der Waals surface area contributed by atoms with Crippen molar-refractivity contribution in [1.29, 1.82) is 0 Å². The van der Waals surface area contributed by atoms with Gasteiger partial charge in [0.25, 0.3) is 0 Å². The molecule has 0 spiro atoms. The van der Waals surface area contributed by atoms with Crippen molar-refractivity contribution in [2.45, 2.75) is 46.5 Å². The molecular weight excluding hydrogens is 290 g/mol. The molecule has 128 valence electrons. The van der Waals surface area contributed by atoms with Gasteiger partial charge in [-0.1, -0.05) is 80.9 Å². The molecule has 0 aliphatic heterocycles. The van der Waals surface area contributed by atoms with E-state index in [9.17, 15) is 0 Å². The summed E-state index contributed by atoms with van der Waals surface area (Å²) in [6.07, 6.45) is 1.06. The van der Waals surface area contributed by atoms with Crippen LogP contribution in [0.25, 0.3) is 5.57 Å². The van der Waals surface area contributed by atoms with E-state index in [0.29, 0.717) is 0 Å². The lowest BCUT2D eigenvalue weighted by Gasteiger charge is -2.19. The summed E-state index contributed by atoms with van der Waals surface area (Å²) in [6, 6.07) is 19.7. The van der Waals surface area contributed by atoms with E-state index in [1.54, 1.807) is 0 Å². The van der Waals surface area contributed by atoms with Gasteiger partial charge in [0.05, 0.1) is 0 Å². The van der Waals surface area contributed by atoms with Crippen molar-refractivity contribution in [1.82, 2.24) is 5.32 Å². The smallest absolute Gasteiger partial charge is 0.0210 e. The Morgan fingerprint density at radius 3 is 2.04 bits per heavy atom. The summed E-state index contributed by atoms with van der Waals surface area (Å²) < 4.78 is 0. The summed E-state index contributed by atoms with van der Waals surface area (Å²) in [4.78, 5) is 0. The molecule has 0 heterocycles. The van der Waals surface area contributed by atoms with Crippen LogP contribution in [-0.4, -0.2) is 13.1 Å². The molecule has 0 atom stereocenters. The van der Waals surface area contributed by atoms with Gasteiger partial charge in [0.15, 0.2) is 0 Å². The molecule has 1 nitrogen and oxygen atoms in total. The average Bonchev–Trinajstić information content (AvgIpc) is 2.55. The van der Waals surface area contributed by atoms with Gasteiger partial charge in [-0.3, -0.25) is 0 Å². The molecule has 1 N–H and O–H groups in total. The lowest BCUT2D eigenvalue weighted by Crippen LogP contribution is -2.20. The van der Waals surface area contributed by atoms with Crippen molar-refractivity contribution in [2.75, 3.05) is 13.1 Å². The highest BCUT2D eigenvalue weighted by atomic mass is 14.8. The maximum atomic E-state index is 3.60. The fraction of sp³-hybridized carbons (Fsp3) is 0.391. The predicted molar refractivity (Wildman–Crippen MR) is 106 cm³/mol. The van der Waals surface area contributed by atoms with Crippen molar-refractivity contribution >= 4 is 5.57 Å². The molecule has 0 aromatic heterocycles. The molecule has 0 bridgehead atoms. The molecule has 24 heavy (non-hydrogen) atoms. The van der Waals surface area contributed by atoms with E-state index in [-0.39, 0.29) is 5.41 Å². The van der Waals surface area contributed by atoms with Crippen LogP contribution in [-0.2, 0) is 11.8 Å². The van der Waals surface area contributed by atoms with Gasteiger partial charge in [-0.05, 0) is 54.5 Å². The number of hydrogen-bond donors (Lipinski definition) is 1. The normalized spacial score (nSPS) is 11.4. The van der Waals surface area contributed by atoms with Crippen molar-refractivity contribution in [3.05, 3.63) is 76.9 Å². The van der Waals surface area contributed by atoms with Crippen molar-refractivity contribution < 1.29 is 0 Å². The molecule has 0 aliphatic rings. The van der Waals surface area contributed by atoms with Crippen LogP contribution >= 0.6 is 0 Å². The Bertz CT molecular complexity index is 653. The summed E-state index contributed by atoms with van der Waals surface area (Å²) >= 11 is 0. The highest BCUT2D eigenvalue weighted by molar-refractivity contribution is 5.69. The molecular formula is C23H31N. The topological polar surface area (TPSA) is 12.0 Å². The van der Waals surface area contributed by atoms with Crippen LogP contribution in [0, 0.1) is 0 Å². The van der Waals surface area contributed by atoms with Gasteiger partial charge in [0.2, 0.25) is 0 Å². The molecule has 2 aromatic carbocycles. The van der Waals surface area contributed by atoms with Gasteiger partial charge in [0, 0.05) is 6.54 Å². The van der Waals surface area contributed by atoms with E-state index >= 15 is 0 Å². The van der Waals surface area contributed by atoms with Crippen LogP contribution in [0.2, 0.25) is 0 Å². The minimum absolute atomic E-state index is 0.227. The largest absolute Gasteiger partial charge is 0.312 e. The third-order valence-corrected chi connectivity index (χ3v) is 4.44. The summed E-state index contributed by atoms with van der Waals surface area (Å²) in [5.41, 5.74) is 7.12. The third-order valence-electron chi connectivity index (χ3n) is 4.44. The van der Waals surface area contributed by atoms with Crippen molar-refractivity contribution in [2.24, 2.45) is 0 Å². The molecule has 1 heteroatoms. The predicted octanol–water partition coefficient (Wildman–Crippen LogP) is 5.61. The van der Waals surface area contributed by atoms with Gasteiger partial charge >= 0.3 is 0 Å². The Hall–Kier alpha value is -1.86. The average molecular weight is 322 g/mol. The molecule has 2 aromatic rings. The second-order valence-electron chi connectivity index (χ2n) is 7.72. The molecule has 0 fully saturated rings. The van der Waals surface area contributed by atoms with Crippen LogP contribution in [0.4, 0.5) is 0 Å². The van der Waals surface area contributed by atoms with E-state index in [0.717, 1.165) is 19.5 Å². The summed E-state index contributed by atoms with van der Waals surface area (Å²) in [6.45, 7) is 13.1. The Balaban J connectivity index is 1.87. The SMILES string of the molecule is CC(C)=C(CNCCc1ccc(C(C)(C)C)cc1)c1ccccc1. The first kappa shape index (κ1) is 18.5. The zero-order valence-electron chi connectivity index (χ0n) is 15.8. The molecule has 0 radical (unpaired) electrons. The lowest BCUT2D eigenvalue weighted by atomic mass is 9.86. The number of nitrogens with one attached hydrogen (secondary N) is 1. The summed E-state index contributed by atoms with van der Waals surface area (Å²) in [7, 11) is 0. The minimum Gasteiger partial charge on any atom is -0.312 e. The van der Waals surface area contributed by atoms with Gasteiger partial charge < -0.3 is 5.32 Å². The molecule has 0 saturated carbocycles. The lowest BCUT2D eigenvalue weighted by molar-refractivity contribution is 0.590. The van der Waals surface area contributed by atoms with Crippen molar-refractivity contribution in [3.63, 3.8) is 0 Å². The second kappa shape index (κ2) is 8.30. The Morgan fingerprint density at radius 1 is 0.875 bits per heavy atom. The maximum Gasteiger partial charge on any atom is 0.0210 e. The zero-order valence-corrected chi connectivity index (χ0v) is 15.8. The number of rotatable bonds is 6. The zero-order chi connectivity index (χ0) is 17.6. The van der Waals surface area contributed by atoms with E-state index in [1.807, 2.05) is 0 Å². The first-order chi connectivity index (χ1) is 11.4. The fourth-order valence-electron chi connectivity index (χ4n) is 2.82. The Morgan fingerprint density at radius 2 is 1.50 bits per heavy atom. The van der Waals surface area contributed by atoms with Gasteiger partial charge in [-0.2, -0.15) is 0 Å². The van der Waals surface area contributed by atoms with Crippen LogP contribution in [0.15, 0.2) is 60.2 Å². The number of hydrogen-bond acceptors (Lipinski definition) is 1. The van der Waals surface area contributed by atoms with Gasteiger partial charge in [-0.15, -0.1) is 0 Å². The first-order valence-electron chi connectivity index (χ1n) is 8.90. The van der Waals surface area contributed by atoms with Crippen LogP contribution in [0.1, 0.15) is 51.3 Å². The van der Waals surface area contributed by atoms with Crippen LogP contribution in [0.3, 0.4) is 0 Å². The quantitative estimate of drug-likeness (QED) is 0.682. The van der Waals surface area contributed by atoms with Crippen LogP contribution < -0.4 is 5.32 Å². The molecule has 0 saturated heterocycles. The molecule has 0 aliphatic carbocycles. The van der Waals surface area contributed by atoms with Gasteiger partial charge in [0.1, 0.15) is 0 Å². The standard InChI is InChI=1S/C23H31N/c1-18(2)22(20-9-7-6-8-10-20)17-24-16-15-19-11-13-21(14-12-19)23(3,4)5/h6-14,24H,15-17H2,1-5H3. The van der Waals surface area contributed by atoms with Crippen molar-refractivity contribution in [3.8, 4) is 0 Å². The van der Waals surface area contributed by atoms with E-state index < -0.39 is 0 Å². The first-order valence-corrected chi connectivity index (χ1v) is 8.90. The second-order valence-corrected chi connectivity index (χ2v) is 7.72. The highest BCUT2D eigenvalue weighted by Gasteiger charge is 2.12. The monoisotopic (exact) mass is 321 g/mol. The van der Waals surface area contributed by atoms with Crippen LogP contribution in [0.5, 0.6) is 0 Å². The van der Waals surface area contributed by atoms with E-state index in [2.05, 4.69) is 94.5 Å². The number of benzene rings is 2. The Labute approximate surface area is 147 Å². The third kappa shape index (κ3) is 5.35. The molecule has 0 unspecified atom stereocenters. The fourth-order valence-corrected chi connectivity index (χ4v) is 2.82. The molecule has 2 rings (SSSR count). The molecule has 0 amide bonds. The number of allylic oxidation sites excluding steroid dienone is 1. The summed E-state index contributed by atoms with van der Waals surface area (Å²) in [5.74, 6) is 0. The Kier molecular flexibility index (Phi) is 6.39. The van der Waals surface area contributed by atoms with Gasteiger partial charge in [-0.25, -0.2) is 0 Å². The summed E-state index contributed by atoms with van der Waals surface area (Å²) in [5, 5.41) is 3.60. The maximum absolute atomic E-state index is 3.60. The van der Waals surface area contributed by atoms with E-state index in [1.165, 1.54) is 27.8 Å². The minimum atomic E-state index is 0.227. The van der Waals surface area contributed by atoms with E-state index in [4.69, 9.17) is 0 Å².